The summed E-state index contributed by atoms with van der Waals surface area (Å²) in [6.07, 6.45) is 0. The van der Waals surface area contributed by atoms with Crippen molar-refractivity contribution in [1.82, 2.24) is 4.31 Å². The van der Waals surface area contributed by atoms with Crippen LogP contribution < -0.4 is 0 Å². The van der Waals surface area contributed by atoms with E-state index < -0.39 is 4.92 Å². The van der Waals surface area contributed by atoms with Crippen LogP contribution in [0, 0.1) is 10.1 Å². The van der Waals surface area contributed by atoms with Crippen LogP contribution in [0.4, 0.5) is 5.69 Å². The highest BCUT2D eigenvalue weighted by molar-refractivity contribution is 9.10. The van der Waals surface area contributed by atoms with Gasteiger partial charge in [-0.25, -0.2) is 0 Å². The lowest BCUT2D eigenvalue weighted by atomic mass is 10.3. The zero-order valence-electron chi connectivity index (χ0n) is 7.73. The number of nitro benzene ring substituents is 1. The molecule has 0 aliphatic rings. The lowest BCUT2D eigenvalue weighted by molar-refractivity contribution is -0.385. The fraction of sp³-hybridized carbons (Fsp3) is 0.250. The van der Waals surface area contributed by atoms with Crippen LogP contribution in [0.3, 0.4) is 0 Å². The number of hydrogen-bond donors (Lipinski definition) is 0. The molecule has 0 aliphatic heterocycles. The van der Waals surface area contributed by atoms with E-state index in [1.54, 1.807) is 6.07 Å². The Hall–Kier alpha value is -0.590. The van der Waals surface area contributed by atoms with Crippen molar-refractivity contribution in [1.29, 1.82) is 0 Å². The van der Waals surface area contributed by atoms with Crippen molar-refractivity contribution in [3.63, 3.8) is 0 Å². The molecule has 14 heavy (non-hydrogen) atoms. The number of non-ortho nitro benzene ring substituents is 1. The highest BCUT2D eigenvalue weighted by atomic mass is 79.9. The Bertz CT molecular complexity index is 357. The first-order chi connectivity index (χ1) is 6.49. The number of rotatable bonds is 3. The van der Waals surface area contributed by atoms with E-state index in [2.05, 4.69) is 15.9 Å². The van der Waals surface area contributed by atoms with E-state index in [0.29, 0.717) is 0 Å². The highest BCUT2D eigenvalue weighted by Crippen LogP contribution is 2.28. The normalized spacial score (nSPS) is 10.6. The molecular formula is C8H9BrN2O2S. The lowest BCUT2D eigenvalue weighted by Gasteiger charge is -2.08. The summed E-state index contributed by atoms with van der Waals surface area (Å²) in [5.74, 6) is 0. The van der Waals surface area contributed by atoms with Gasteiger partial charge in [-0.3, -0.25) is 14.4 Å². The van der Waals surface area contributed by atoms with Gasteiger partial charge < -0.3 is 0 Å². The van der Waals surface area contributed by atoms with Crippen molar-refractivity contribution in [2.75, 3.05) is 14.1 Å². The summed E-state index contributed by atoms with van der Waals surface area (Å²) in [5.41, 5.74) is 0.101. The predicted molar refractivity (Wildman–Crippen MR) is 60.3 cm³/mol. The molecule has 6 heteroatoms. The van der Waals surface area contributed by atoms with Crippen LogP contribution in [-0.4, -0.2) is 23.3 Å². The van der Waals surface area contributed by atoms with Gasteiger partial charge in [0.2, 0.25) is 0 Å². The second-order valence-electron chi connectivity index (χ2n) is 2.81. The third-order valence-electron chi connectivity index (χ3n) is 1.35. The predicted octanol–water partition coefficient (Wildman–Crippen LogP) is 2.93. The number of hydrogen-bond acceptors (Lipinski definition) is 4. The Kier molecular flexibility index (Phi) is 3.91. The maximum Gasteiger partial charge on any atom is 0.271 e. The molecule has 0 unspecified atom stereocenters. The van der Waals surface area contributed by atoms with Crippen LogP contribution in [0.15, 0.2) is 27.6 Å². The van der Waals surface area contributed by atoms with Crippen molar-refractivity contribution >= 4 is 33.6 Å². The number of nitrogens with zero attached hydrogens (tertiary/aromatic N) is 2. The molecule has 0 aromatic heterocycles. The largest absolute Gasteiger partial charge is 0.271 e. The molecule has 0 N–H and O–H groups in total. The van der Waals surface area contributed by atoms with Crippen molar-refractivity contribution in [2.45, 2.75) is 4.90 Å². The van der Waals surface area contributed by atoms with Gasteiger partial charge in [0.25, 0.3) is 5.69 Å². The van der Waals surface area contributed by atoms with Gasteiger partial charge in [0.15, 0.2) is 0 Å². The van der Waals surface area contributed by atoms with E-state index in [0.717, 1.165) is 9.37 Å². The van der Waals surface area contributed by atoms with Crippen LogP contribution in [0.5, 0.6) is 0 Å². The summed E-state index contributed by atoms with van der Waals surface area (Å²) in [5, 5.41) is 10.6. The fourth-order valence-electron chi connectivity index (χ4n) is 0.917. The molecule has 0 bridgehead atoms. The summed E-state index contributed by atoms with van der Waals surface area (Å²) in [7, 11) is 3.77. The van der Waals surface area contributed by atoms with Crippen LogP contribution >= 0.6 is 27.9 Å². The molecule has 0 saturated carbocycles. The number of nitro groups is 1. The van der Waals surface area contributed by atoms with E-state index in [1.165, 1.54) is 18.0 Å². The average molecular weight is 277 g/mol. The first kappa shape index (κ1) is 11.5. The maximum atomic E-state index is 10.6. The number of halogens is 1. The van der Waals surface area contributed by atoms with Gasteiger partial charge in [-0.15, -0.1) is 0 Å². The molecule has 1 aromatic carbocycles. The molecular weight excluding hydrogens is 268 g/mol. The molecule has 1 rings (SSSR count). The van der Waals surface area contributed by atoms with Gasteiger partial charge in [-0.2, -0.15) is 0 Å². The molecule has 0 atom stereocenters. The highest BCUT2D eigenvalue weighted by Gasteiger charge is 2.09. The maximum absolute atomic E-state index is 10.6. The van der Waals surface area contributed by atoms with Gasteiger partial charge in [-0.05, 0) is 32.1 Å². The second-order valence-corrected chi connectivity index (χ2v) is 5.11. The molecule has 0 heterocycles. The second kappa shape index (κ2) is 4.77. The summed E-state index contributed by atoms with van der Waals surface area (Å²) in [6, 6.07) is 4.88. The zero-order chi connectivity index (χ0) is 10.7. The van der Waals surface area contributed by atoms with E-state index in [1.807, 2.05) is 24.5 Å². The van der Waals surface area contributed by atoms with Crippen LogP contribution in [-0.2, 0) is 0 Å². The minimum Gasteiger partial charge on any atom is -0.258 e. The van der Waals surface area contributed by atoms with Crippen LogP contribution in [0.2, 0.25) is 0 Å². The molecule has 0 radical (unpaired) electrons. The third-order valence-corrected chi connectivity index (χ3v) is 2.62. The first-order valence-electron chi connectivity index (χ1n) is 3.79. The third kappa shape index (κ3) is 3.28. The van der Waals surface area contributed by atoms with Crippen LogP contribution in [0.1, 0.15) is 0 Å². The summed E-state index contributed by atoms with van der Waals surface area (Å²) in [6.45, 7) is 0. The van der Waals surface area contributed by atoms with Gasteiger partial charge >= 0.3 is 0 Å². The van der Waals surface area contributed by atoms with Crippen LogP contribution in [0.25, 0.3) is 0 Å². The first-order valence-corrected chi connectivity index (χ1v) is 5.36. The Balaban J connectivity index is 3.01. The Labute approximate surface area is 94.7 Å². The Morgan fingerprint density at radius 2 is 2.07 bits per heavy atom. The van der Waals surface area contributed by atoms with Gasteiger partial charge in [0.05, 0.1) is 4.92 Å². The van der Waals surface area contributed by atoms with Gasteiger partial charge in [0, 0.05) is 21.5 Å². The van der Waals surface area contributed by atoms with Gasteiger partial charge in [-0.1, -0.05) is 15.9 Å². The van der Waals surface area contributed by atoms with E-state index in [4.69, 9.17) is 0 Å². The van der Waals surface area contributed by atoms with Crippen molar-refractivity contribution < 1.29 is 4.92 Å². The SMILES string of the molecule is CN(C)Sc1cc(Br)cc([N+](=O)[O-])c1. The molecule has 0 aliphatic carbocycles. The fourth-order valence-corrected chi connectivity index (χ4v) is 2.32. The van der Waals surface area contributed by atoms with E-state index >= 15 is 0 Å². The van der Waals surface area contributed by atoms with Crippen molar-refractivity contribution in [3.05, 3.63) is 32.8 Å². The Morgan fingerprint density at radius 1 is 1.43 bits per heavy atom. The molecule has 4 nitrogen and oxygen atoms in total. The van der Waals surface area contributed by atoms with Crippen molar-refractivity contribution in [2.24, 2.45) is 0 Å². The quantitative estimate of drug-likeness (QED) is 0.484. The molecule has 76 valence electrons. The standard InChI is InChI=1S/C8H9BrN2O2S/c1-10(2)14-8-4-6(9)3-7(5-8)11(12)13/h3-5H,1-2H3. The molecule has 0 spiro atoms. The van der Waals surface area contributed by atoms with Crippen molar-refractivity contribution in [3.8, 4) is 0 Å². The van der Waals surface area contributed by atoms with E-state index in [9.17, 15) is 10.1 Å². The average Bonchev–Trinajstić information content (AvgIpc) is 2.01. The van der Waals surface area contributed by atoms with Gasteiger partial charge in [0.1, 0.15) is 0 Å². The topological polar surface area (TPSA) is 46.4 Å². The lowest BCUT2D eigenvalue weighted by Crippen LogP contribution is -1.99. The Morgan fingerprint density at radius 3 is 2.57 bits per heavy atom. The summed E-state index contributed by atoms with van der Waals surface area (Å²) in [4.78, 5) is 11.0. The molecule has 1 aromatic rings. The monoisotopic (exact) mass is 276 g/mol. The molecule has 0 fully saturated rings. The molecule has 0 saturated heterocycles. The molecule has 0 amide bonds. The summed E-state index contributed by atoms with van der Waals surface area (Å²) >= 11 is 4.68. The minimum absolute atomic E-state index is 0.101. The van der Waals surface area contributed by atoms with E-state index in [-0.39, 0.29) is 5.69 Å². The zero-order valence-corrected chi connectivity index (χ0v) is 10.1. The number of benzene rings is 1. The summed E-state index contributed by atoms with van der Waals surface area (Å²) < 4.78 is 2.60. The smallest absolute Gasteiger partial charge is 0.258 e. The minimum atomic E-state index is -0.398.